The Morgan fingerprint density at radius 2 is 1.95 bits per heavy atom. The molecular formula is C16H32N2O2S. The van der Waals surface area contributed by atoms with E-state index in [4.69, 9.17) is 4.74 Å². The van der Waals surface area contributed by atoms with Crippen LogP contribution in [0.3, 0.4) is 0 Å². The van der Waals surface area contributed by atoms with Gasteiger partial charge in [0.25, 0.3) is 0 Å². The number of ether oxygens (including phenoxy) is 1. The van der Waals surface area contributed by atoms with Gasteiger partial charge in [0.15, 0.2) is 0 Å². The third-order valence-corrected chi connectivity index (χ3v) is 4.73. The fourth-order valence-corrected chi connectivity index (χ4v) is 3.03. The fourth-order valence-electron chi connectivity index (χ4n) is 2.39. The number of carbonyl (C=O) groups is 1. The van der Waals surface area contributed by atoms with Crippen LogP contribution in [0.5, 0.6) is 0 Å². The van der Waals surface area contributed by atoms with E-state index in [1.165, 1.54) is 17.9 Å². The SMILES string of the molecule is CCSCCCNC1(C)CCN(C(=O)OC(C)(C)C)CC1. The third-order valence-electron chi connectivity index (χ3n) is 3.74. The van der Waals surface area contributed by atoms with Crippen molar-refractivity contribution in [3.8, 4) is 0 Å². The summed E-state index contributed by atoms with van der Waals surface area (Å²) in [6, 6.07) is 0. The Morgan fingerprint density at radius 1 is 1.33 bits per heavy atom. The monoisotopic (exact) mass is 316 g/mol. The van der Waals surface area contributed by atoms with Gasteiger partial charge in [-0.25, -0.2) is 4.79 Å². The molecule has 1 aliphatic rings. The molecule has 124 valence electrons. The summed E-state index contributed by atoms with van der Waals surface area (Å²) < 4.78 is 5.43. The largest absolute Gasteiger partial charge is 0.444 e. The molecule has 0 aromatic heterocycles. The molecule has 1 N–H and O–H groups in total. The molecule has 0 bridgehead atoms. The molecule has 0 aromatic rings. The lowest BCUT2D eigenvalue weighted by Crippen LogP contribution is -2.53. The predicted octanol–water partition coefficient (Wildman–Crippen LogP) is 3.51. The van der Waals surface area contributed by atoms with Crippen molar-refractivity contribution in [2.45, 2.75) is 65.0 Å². The van der Waals surface area contributed by atoms with Crippen LogP contribution in [0.25, 0.3) is 0 Å². The van der Waals surface area contributed by atoms with Crippen LogP contribution in [0.4, 0.5) is 4.79 Å². The quantitative estimate of drug-likeness (QED) is 0.761. The van der Waals surface area contributed by atoms with Gasteiger partial charge in [-0.3, -0.25) is 0 Å². The maximum absolute atomic E-state index is 12.0. The van der Waals surface area contributed by atoms with Crippen LogP contribution < -0.4 is 5.32 Å². The van der Waals surface area contributed by atoms with Crippen LogP contribution in [0, 0.1) is 0 Å². The second-order valence-electron chi connectivity index (χ2n) is 7.01. The average Bonchev–Trinajstić information content (AvgIpc) is 2.37. The van der Waals surface area contributed by atoms with Crippen LogP contribution in [-0.4, -0.2) is 53.3 Å². The number of nitrogens with one attached hydrogen (secondary N) is 1. The van der Waals surface area contributed by atoms with E-state index in [-0.39, 0.29) is 11.6 Å². The molecule has 1 aliphatic heterocycles. The summed E-state index contributed by atoms with van der Waals surface area (Å²) in [5.74, 6) is 2.42. The highest BCUT2D eigenvalue weighted by Crippen LogP contribution is 2.23. The predicted molar refractivity (Wildman–Crippen MR) is 91.1 cm³/mol. The van der Waals surface area contributed by atoms with Crippen molar-refractivity contribution in [3.05, 3.63) is 0 Å². The van der Waals surface area contributed by atoms with Gasteiger partial charge in [0, 0.05) is 18.6 Å². The maximum Gasteiger partial charge on any atom is 0.410 e. The van der Waals surface area contributed by atoms with Gasteiger partial charge in [-0.15, -0.1) is 0 Å². The molecule has 0 saturated carbocycles. The first-order valence-electron chi connectivity index (χ1n) is 8.06. The highest BCUT2D eigenvalue weighted by Gasteiger charge is 2.32. The van der Waals surface area contributed by atoms with Gasteiger partial charge in [0.2, 0.25) is 0 Å². The van der Waals surface area contributed by atoms with Gasteiger partial charge < -0.3 is 15.0 Å². The molecule has 1 fully saturated rings. The summed E-state index contributed by atoms with van der Waals surface area (Å²) in [5, 5.41) is 3.67. The van der Waals surface area contributed by atoms with E-state index in [0.29, 0.717) is 0 Å². The maximum atomic E-state index is 12.0. The number of hydrogen-bond donors (Lipinski definition) is 1. The van der Waals surface area contributed by atoms with Gasteiger partial charge in [0.1, 0.15) is 5.60 Å². The lowest BCUT2D eigenvalue weighted by molar-refractivity contribution is 0.0158. The molecule has 0 atom stereocenters. The molecule has 0 aromatic carbocycles. The van der Waals surface area contributed by atoms with E-state index < -0.39 is 5.60 Å². The second kappa shape index (κ2) is 8.28. The van der Waals surface area contributed by atoms with Gasteiger partial charge >= 0.3 is 6.09 Å². The van der Waals surface area contributed by atoms with Crippen molar-refractivity contribution in [2.75, 3.05) is 31.1 Å². The first kappa shape index (κ1) is 18.6. The first-order chi connectivity index (χ1) is 9.76. The fraction of sp³-hybridized carbons (Fsp3) is 0.938. The Kier molecular flexibility index (Phi) is 7.34. The smallest absolute Gasteiger partial charge is 0.410 e. The minimum Gasteiger partial charge on any atom is -0.444 e. The van der Waals surface area contributed by atoms with E-state index in [1.807, 2.05) is 37.4 Å². The number of rotatable bonds is 6. The summed E-state index contributed by atoms with van der Waals surface area (Å²) in [6.07, 6.45) is 3.02. The Bertz CT molecular complexity index is 321. The molecule has 0 radical (unpaired) electrons. The molecule has 4 nitrogen and oxygen atoms in total. The molecule has 1 amide bonds. The summed E-state index contributed by atoms with van der Waals surface area (Å²) >= 11 is 1.99. The van der Waals surface area contributed by atoms with E-state index in [1.54, 1.807) is 0 Å². The van der Waals surface area contributed by atoms with Crippen LogP contribution in [-0.2, 0) is 4.74 Å². The van der Waals surface area contributed by atoms with Crippen molar-refractivity contribution >= 4 is 17.9 Å². The van der Waals surface area contributed by atoms with Crippen molar-refractivity contribution in [2.24, 2.45) is 0 Å². The van der Waals surface area contributed by atoms with Crippen LogP contribution in [0.1, 0.15) is 53.9 Å². The molecule has 1 heterocycles. The molecule has 0 unspecified atom stereocenters. The summed E-state index contributed by atoms with van der Waals surface area (Å²) in [5.41, 5.74) is -0.248. The zero-order valence-electron chi connectivity index (χ0n) is 14.3. The Hall–Kier alpha value is -0.420. The van der Waals surface area contributed by atoms with Gasteiger partial charge in [-0.05, 0) is 65.0 Å². The van der Waals surface area contributed by atoms with Crippen molar-refractivity contribution < 1.29 is 9.53 Å². The minimum atomic E-state index is -0.410. The number of piperidine rings is 1. The molecule has 0 aliphatic carbocycles. The average molecular weight is 317 g/mol. The van der Waals surface area contributed by atoms with E-state index in [9.17, 15) is 4.79 Å². The highest BCUT2D eigenvalue weighted by atomic mass is 32.2. The van der Waals surface area contributed by atoms with E-state index in [2.05, 4.69) is 19.2 Å². The third kappa shape index (κ3) is 7.41. The molecule has 21 heavy (non-hydrogen) atoms. The number of likely N-dealkylation sites (tertiary alicyclic amines) is 1. The zero-order valence-corrected chi connectivity index (χ0v) is 15.1. The van der Waals surface area contributed by atoms with Crippen LogP contribution >= 0.6 is 11.8 Å². The number of hydrogen-bond acceptors (Lipinski definition) is 4. The minimum absolute atomic E-state index is 0.162. The lowest BCUT2D eigenvalue weighted by atomic mass is 9.89. The summed E-state index contributed by atoms with van der Waals surface area (Å²) in [7, 11) is 0. The number of nitrogens with zero attached hydrogens (tertiary/aromatic N) is 1. The van der Waals surface area contributed by atoms with E-state index in [0.717, 1.165) is 32.5 Å². The normalized spacial score (nSPS) is 18.6. The second-order valence-corrected chi connectivity index (χ2v) is 8.40. The summed E-state index contributed by atoms with van der Waals surface area (Å²) in [6.45, 7) is 12.8. The summed E-state index contributed by atoms with van der Waals surface area (Å²) in [4.78, 5) is 13.9. The molecule has 1 saturated heterocycles. The molecule has 1 rings (SSSR count). The van der Waals surface area contributed by atoms with Gasteiger partial charge in [-0.1, -0.05) is 6.92 Å². The number of carbonyl (C=O) groups excluding carboxylic acids is 1. The van der Waals surface area contributed by atoms with Crippen LogP contribution in [0.2, 0.25) is 0 Å². The van der Waals surface area contributed by atoms with Crippen molar-refractivity contribution in [1.82, 2.24) is 10.2 Å². The topological polar surface area (TPSA) is 41.6 Å². The Labute approximate surface area is 134 Å². The first-order valence-corrected chi connectivity index (χ1v) is 9.22. The van der Waals surface area contributed by atoms with Crippen LogP contribution in [0.15, 0.2) is 0 Å². The Morgan fingerprint density at radius 3 is 2.48 bits per heavy atom. The molecule has 5 heteroatoms. The van der Waals surface area contributed by atoms with Crippen molar-refractivity contribution in [3.63, 3.8) is 0 Å². The van der Waals surface area contributed by atoms with E-state index >= 15 is 0 Å². The lowest BCUT2D eigenvalue weighted by Gasteiger charge is -2.40. The van der Waals surface area contributed by atoms with Gasteiger partial charge in [0.05, 0.1) is 0 Å². The molecule has 0 spiro atoms. The number of amides is 1. The molecular weight excluding hydrogens is 284 g/mol. The number of thioether (sulfide) groups is 1. The van der Waals surface area contributed by atoms with Crippen molar-refractivity contribution in [1.29, 1.82) is 0 Å². The zero-order chi connectivity index (χ0) is 15.9. The van der Waals surface area contributed by atoms with Gasteiger partial charge in [-0.2, -0.15) is 11.8 Å². The Balaban J connectivity index is 2.28. The highest BCUT2D eigenvalue weighted by molar-refractivity contribution is 7.99. The standard InChI is InChI=1S/C16H32N2O2S/c1-6-21-13-7-10-17-16(5)8-11-18(12-9-16)14(19)20-15(2,3)4/h17H,6-13H2,1-5H3.